The van der Waals surface area contributed by atoms with Gasteiger partial charge in [-0.15, -0.1) is 0 Å². The highest BCUT2D eigenvalue weighted by Gasteiger charge is 2.22. The largest absolute Gasteiger partial charge is 0.368 e. The number of amides is 1. The highest BCUT2D eigenvalue weighted by molar-refractivity contribution is 5.97. The van der Waals surface area contributed by atoms with E-state index in [1.807, 2.05) is 55.1 Å². The molecule has 0 radical (unpaired) electrons. The zero-order chi connectivity index (χ0) is 18.1. The monoisotopic (exact) mass is 346 g/mol. The molecule has 1 amide bonds. The molecule has 0 bridgehead atoms. The average Bonchev–Trinajstić information content (AvgIpc) is 2.69. The highest BCUT2D eigenvalue weighted by atomic mass is 16.2. The van der Waals surface area contributed by atoms with E-state index >= 15 is 0 Å². The first-order chi connectivity index (χ1) is 12.6. The molecule has 0 aliphatic carbocycles. The summed E-state index contributed by atoms with van der Waals surface area (Å²) in [5, 5.41) is 0. The first-order valence-corrected chi connectivity index (χ1v) is 8.96. The number of anilines is 1. The third-order valence-electron chi connectivity index (χ3n) is 5.01. The van der Waals surface area contributed by atoms with Crippen LogP contribution in [0.3, 0.4) is 0 Å². The highest BCUT2D eigenvalue weighted by Crippen LogP contribution is 2.19. The van der Waals surface area contributed by atoms with E-state index in [0.717, 1.165) is 48.6 Å². The zero-order valence-electron chi connectivity index (χ0n) is 15.1. The smallest absolute Gasteiger partial charge is 0.254 e. The van der Waals surface area contributed by atoms with Crippen molar-refractivity contribution in [3.8, 4) is 0 Å². The van der Waals surface area contributed by atoms with Crippen molar-refractivity contribution in [1.82, 2.24) is 14.9 Å². The van der Waals surface area contributed by atoms with E-state index in [4.69, 9.17) is 0 Å². The maximum absolute atomic E-state index is 12.9. The number of aryl methyl sites for hydroxylation is 2. The standard InChI is InChI=1S/C21H22N4O/c1-15-16(2)23-20-14-17(8-9-19(20)22-15)21(26)25-12-10-24(11-13-25)18-6-4-3-5-7-18/h3-9,14H,10-13H2,1-2H3. The Morgan fingerprint density at radius 2 is 1.50 bits per heavy atom. The Morgan fingerprint density at radius 3 is 2.19 bits per heavy atom. The molecule has 0 saturated carbocycles. The number of fused-ring (bicyclic) bond motifs is 1. The van der Waals surface area contributed by atoms with E-state index in [1.165, 1.54) is 5.69 Å². The lowest BCUT2D eigenvalue weighted by Crippen LogP contribution is -2.48. The Labute approximate surface area is 153 Å². The summed E-state index contributed by atoms with van der Waals surface area (Å²) < 4.78 is 0. The van der Waals surface area contributed by atoms with Crippen LogP contribution in [0.15, 0.2) is 48.5 Å². The van der Waals surface area contributed by atoms with Gasteiger partial charge in [-0.1, -0.05) is 18.2 Å². The third-order valence-corrected chi connectivity index (χ3v) is 5.01. The molecule has 1 saturated heterocycles. The van der Waals surface area contributed by atoms with Gasteiger partial charge in [-0.3, -0.25) is 4.79 Å². The van der Waals surface area contributed by atoms with Crippen molar-refractivity contribution in [3.05, 3.63) is 65.5 Å². The average molecular weight is 346 g/mol. The minimum Gasteiger partial charge on any atom is -0.368 e. The normalized spacial score (nSPS) is 14.7. The van der Waals surface area contributed by atoms with Crippen LogP contribution >= 0.6 is 0 Å². The van der Waals surface area contributed by atoms with Crippen LogP contribution in [-0.4, -0.2) is 47.0 Å². The number of benzene rings is 2. The fourth-order valence-corrected chi connectivity index (χ4v) is 3.35. The van der Waals surface area contributed by atoms with Gasteiger partial charge < -0.3 is 9.80 Å². The minimum absolute atomic E-state index is 0.0691. The number of hydrogen-bond donors (Lipinski definition) is 0. The second-order valence-corrected chi connectivity index (χ2v) is 6.71. The molecule has 1 aliphatic heterocycles. The van der Waals surface area contributed by atoms with Crippen molar-refractivity contribution < 1.29 is 4.79 Å². The van der Waals surface area contributed by atoms with Crippen LogP contribution in [0.5, 0.6) is 0 Å². The molecule has 0 atom stereocenters. The van der Waals surface area contributed by atoms with Gasteiger partial charge in [0.1, 0.15) is 0 Å². The van der Waals surface area contributed by atoms with Gasteiger partial charge in [0.25, 0.3) is 5.91 Å². The number of nitrogens with zero attached hydrogens (tertiary/aromatic N) is 4. The van der Waals surface area contributed by atoms with Crippen molar-refractivity contribution in [2.45, 2.75) is 13.8 Å². The van der Waals surface area contributed by atoms with Crippen LogP contribution in [0.2, 0.25) is 0 Å². The molecule has 2 heterocycles. The molecule has 26 heavy (non-hydrogen) atoms. The molecule has 1 aromatic heterocycles. The van der Waals surface area contributed by atoms with Crippen molar-refractivity contribution in [2.75, 3.05) is 31.1 Å². The fourth-order valence-electron chi connectivity index (χ4n) is 3.35. The minimum atomic E-state index is 0.0691. The number of carbonyl (C=O) groups excluding carboxylic acids is 1. The van der Waals surface area contributed by atoms with E-state index < -0.39 is 0 Å². The molecule has 0 spiro atoms. The number of piperazine rings is 1. The van der Waals surface area contributed by atoms with Gasteiger partial charge in [0.05, 0.1) is 22.4 Å². The Balaban J connectivity index is 1.50. The number of hydrogen-bond acceptors (Lipinski definition) is 4. The van der Waals surface area contributed by atoms with Gasteiger partial charge >= 0.3 is 0 Å². The molecular weight excluding hydrogens is 324 g/mol. The van der Waals surface area contributed by atoms with Crippen LogP contribution < -0.4 is 4.90 Å². The Bertz CT molecular complexity index is 947. The summed E-state index contributed by atoms with van der Waals surface area (Å²) in [6, 6.07) is 16.0. The van der Waals surface area contributed by atoms with E-state index in [0.29, 0.717) is 5.56 Å². The summed E-state index contributed by atoms with van der Waals surface area (Å²) in [4.78, 5) is 26.3. The van der Waals surface area contributed by atoms with Crippen LogP contribution in [0.1, 0.15) is 21.7 Å². The number of aromatic nitrogens is 2. The third kappa shape index (κ3) is 3.12. The van der Waals surface area contributed by atoms with Crippen LogP contribution in [0.25, 0.3) is 11.0 Å². The lowest BCUT2D eigenvalue weighted by Gasteiger charge is -2.36. The molecule has 5 heteroatoms. The number of para-hydroxylation sites is 1. The quantitative estimate of drug-likeness (QED) is 0.715. The van der Waals surface area contributed by atoms with Crippen molar-refractivity contribution in [2.24, 2.45) is 0 Å². The van der Waals surface area contributed by atoms with Crippen molar-refractivity contribution >= 4 is 22.6 Å². The van der Waals surface area contributed by atoms with E-state index in [2.05, 4.69) is 27.0 Å². The molecule has 1 aliphatic rings. The van der Waals surface area contributed by atoms with Gasteiger partial charge in [-0.25, -0.2) is 9.97 Å². The van der Waals surface area contributed by atoms with Gasteiger partial charge in [-0.05, 0) is 44.2 Å². The summed E-state index contributed by atoms with van der Waals surface area (Å²) in [6.45, 7) is 7.05. The maximum Gasteiger partial charge on any atom is 0.254 e. The van der Waals surface area contributed by atoms with Crippen LogP contribution in [-0.2, 0) is 0 Å². The Morgan fingerprint density at radius 1 is 0.846 bits per heavy atom. The zero-order valence-corrected chi connectivity index (χ0v) is 15.1. The van der Waals surface area contributed by atoms with Crippen molar-refractivity contribution in [3.63, 3.8) is 0 Å². The fraction of sp³-hybridized carbons (Fsp3) is 0.286. The molecule has 4 rings (SSSR count). The van der Waals surface area contributed by atoms with Gasteiger partial charge in [0.2, 0.25) is 0 Å². The van der Waals surface area contributed by atoms with E-state index in [1.54, 1.807) is 0 Å². The molecule has 2 aromatic carbocycles. The molecule has 3 aromatic rings. The van der Waals surface area contributed by atoms with Gasteiger partial charge in [0, 0.05) is 37.4 Å². The van der Waals surface area contributed by atoms with Crippen LogP contribution in [0, 0.1) is 13.8 Å². The molecule has 132 valence electrons. The molecule has 5 nitrogen and oxygen atoms in total. The number of rotatable bonds is 2. The second kappa shape index (κ2) is 6.75. The van der Waals surface area contributed by atoms with Gasteiger partial charge in [0.15, 0.2) is 0 Å². The molecular formula is C21H22N4O. The molecule has 1 fully saturated rings. The van der Waals surface area contributed by atoms with E-state index in [9.17, 15) is 4.79 Å². The predicted molar refractivity (Wildman–Crippen MR) is 104 cm³/mol. The summed E-state index contributed by atoms with van der Waals surface area (Å²) in [5.74, 6) is 0.0691. The summed E-state index contributed by atoms with van der Waals surface area (Å²) in [7, 11) is 0. The number of carbonyl (C=O) groups is 1. The van der Waals surface area contributed by atoms with Crippen LogP contribution in [0.4, 0.5) is 5.69 Å². The Hall–Kier alpha value is -2.95. The van der Waals surface area contributed by atoms with Crippen molar-refractivity contribution in [1.29, 1.82) is 0 Å². The first kappa shape index (κ1) is 16.5. The first-order valence-electron chi connectivity index (χ1n) is 8.96. The maximum atomic E-state index is 12.9. The van der Waals surface area contributed by atoms with Gasteiger partial charge in [-0.2, -0.15) is 0 Å². The lowest BCUT2D eigenvalue weighted by molar-refractivity contribution is 0.0747. The Kier molecular flexibility index (Phi) is 4.29. The summed E-state index contributed by atoms with van der Waals surface area (Å²) >= 11 is 0. The molecule has 0 unspecified atom stereocenters. The van der Waals surface area contributed by atoms with E-state index in [-0.39, 0.29) is 5.91 Å². The molecule has 0 N–H and O–H groups in total. The summed E-state index contributed by atoms with van der Waals surface area (Å²) in [5.41, 5.74) is 5.34. The predicted octanol–water partition coefficient (Wildman–Crippen LogP) is 3.21. The summed E-state index contributed by atoms with van der Waals surface area (Å²) in [6.07, 6.45) is 0. The second-order valence-electron chi connectivity index (χ2n) is 6.71. The SMILES string of the molecule is Cc1nc2ccc(C(=O)N3CCN(c4ccccc4)CC3)cc2nc1C. The topological polar surface area (TPSA) is 49.3 Å². The lowest BCUT2D eigenvalue weighted by atomic mass is 10.1.